The average Bonchev–Trinajstić information content (AvgIpc) is 2.63. The molecule has 2 aliphatic carbocycles. The molecule has 1 unspecified atom stereocenters. The topological polar surface area (TPSA) is 9.23 Å². The molecule has 0 spiro atoms. The Morgan fingerprint density at radius 1 is 1.04 bits per heavy atom. The summed E-state index contributed by atoms with van der Waals surface area (Å²) in [5.74, 6) is 3.61. The van der Waals surface area contributed by atoms with Crippen LogP contribution in [0.15, 0.2) is 42.5 Å². The van der Waals surface area contributed by atoms with Crippen LogP contribution in [-0.4, -0.2) is 7.11 Å². The lowest BCUT2D eigenvalue weighted by molar-refractivity contribution is 0.221. The average molecular weight is 310 g/mol. The Morgan fingerprint density at radius 2 is 1.78 bits per heavy atom. The second-order valence-corrected chi connectivity index (χ2v) is 7.22. The highest BCUT2D eigenvalue weighted by Gasteiger charge is 2.26. The Labute approximate surface area is 141 Å². The van der Waals surface area contributed by atoms with Crippen LogP contribution in [0.4, 0.5) is 0 Å². The third-order valence-corrected chi connectivity index (χ3v) is 5.75. The zero-order chi connectivity index (χ0) is 16.1. The second-order valence-electron chi connectivity index (χ2n) is 7.22. The van der Waals surface area contributed by atoms with Gasteiger partial charge in [0, 0.05) is 0 Å². The van der Waals surface area contributed by atoms with E-state index in [9.17, 15) is 0 Å². The van der Waals surface area contributed by atoms with E-state index in [1.54, 1.807) is 7.11 Å². The van der Waals surface area contributed by atoms with E-state index < -0.39 is 0 Å². The third-order valence-electron chi connectivity index (χ3n) is 5.75. The molecule has 1 saturated carbocycles. The highest BCUT2D eigenvalue weighted by molar-refractivity contribution is 5.75. The molecule has 1 heteroatoms. The molecule has 0 bridgehead atoms. The van der Waals surface area contributed by atoms with Gasteiger partial charge in [-0.25, -0.2) is 0 Å². The minimum atomic E-state index is 0.763. The first-order valence-electron chi connectivity index (χ1n) is 9.33. The van der Waals surface area contributed by atoms with Crippen LogP contribution in [0.5, 0.6) is 5.75 Å². The first kappa shape index (κ1) is 16.4. The Morgan fingerprint density at radius 3 is 2.35 bits per heavy atom. The molecule has 3 rings (SSSR count). The van der Waals surface area contributed by atoms with Crippen LogP contribution in [0.25, 0.3) is 5.57 Å². The summed E-state index contributed by atoms with van der Waals surface area (Å²) >= 11 is 0. The van der Waals surface area contributed by atoms with Crippen molar-refractivity contribution >= 4 is 5.57 Å². The Bertz CT molecular complexity index is 544. The fourth-order valence-corrected chi connectivity index (χ4v) is 4.30. The zero-order valence-electron chi connectivity index (χ0n) is 14.6. The van der Waals surface area contributed by atoms with E-state index in [1.807, 2.05) is 12.1 Å². The Hall–Kier alpha value is -1.50. The summed E-state index contributed by atoms with van der Waals surface area (Å²) in [7, 11) is 1.72. The van der Waals surface area contributed by atoms with E-state index in [2.05, 4.69) is 37.3 Å². The van der Waals surface area contributed by atoms with Gasteiger partial charge in [-0.05, 0) is 60.3 Å². The molecule has 1 nitrogen and oxygen atoms in total. The van der Waals surface area contributed by atoms with E-state index in [1.165, 1.54) is 56.1 Å². The van der Waals surface area contributed by atoms with E-state index in [-0.39, 0.29) is 0 Å². The summed E-state index contributed by atoms with van der Waals surface area (Å²) in [6.45, 7) is 2.32. The van der Waals surface area contributed by atoms with Crippen molar-refractivity contribution in [2.24, 2.45) is 17.8 Å². The summed E-state index contributed by atoms with van der Waals surface area (Å²) in [6.07, 6.45) is 17.0. The molecule has 1 fully saturated rings. The number of rotatable bonds is 5. The quantitative estimate of drug-likeness (QED) is 0.623. The molecule has 1 atom stereocenters. The predicted molar refractivity (Wildman–Crippen MR) is 98.6 cm³/mol. The van der Waals surface area contributed by atoms with Gasteiger partial charge in [-0.15, -0.1) is 0 Å². The minimum Gasteiger partial charge on any atom is -0.497 e. The van der Waals surface area contributed by atoms with Gasteiger partial charge in [0.15, 0.2) is 0 Å². The molecule has 0 heterocycles. The normalized spacial score (nSPS) is 27.6. The van der Waals surface area contributed by atoms with Crippen molar-refractivity contribution in [2.45, 2.75) is 51.9 Å². The highest BCUT2D eigenvalue weighted by Crippen LogP contribution is 2.39. The first-order valence-corrected chi connectivity index (χ1v) is 9.33. The monoisotopic (exact) mass is 310 g/mol. The lowest BCUT2D eigenvalue weighted by atomic mass is 9.72. The smallest absolute Gasteiger partial charge is 0.118 e. The molecule has 0 aliphatic heterocycles. The molecule has 0 amide bonds. The van der Waals surface area contributed by atoms with Gasteiger partial charge in [0.05, 0.1) is 7.11 Å². The number of allylic oxidation sites excluding steroid dienone is 4. The molecule has 0 aromatic heterocycles. The van der Waals surface area contributed by atoms with Gasteiger partial charge in [0.25, 0.3) is 0 Å². The number of hydrogen-bond acceptors (Lipinski definition) is 1. The van der Waals surface area contributed by atoms with Crippen LogP contribution >= 0.6 is 0 Å². The van der Waals surface area contributed by atoms with Crippen molar-refractivity contribution in [1.29, 1.82) is 0 Å². The Balaban J connectivity index is 1.55. The summed E-state index contributed by atoms with van der Waals surface area (Å²) in [6, 6.07) is 8.41. The standard InChI is InChI=1S/C22H30O/c1-3-4-17-5-7-18(8-6-17)19-9-11-20(12-10-19)21-13-15-22(23-2)16-14-21/h9,11-19H,3-8,10H2,1-2H3/t17-,18-,19?. The van der Waals surface area contributed by atoms with Crippen LogP contribution in [0, 0.1) is 17.8 Å². The Kier molecular flexibility index (Phi) is 5.59. The van der Waals surface area contributed by atoms with Gasteiger partial charge >= 0.3 is 0 Å². The fraction of sp³-hybridized carbons (Fsp3) is 0.545. The van der Waals surface area contributed by atoms with Crippen molar-refractivity contribution in [1.82, 2.24) is 0 Å². The molecule has 1 aromatic rings. The van der Waals surface area contributed by atoms with E-state index in [0.717, 1.165) is 23.5 Å². The molecule has 0 N–H and O–H groups in total. The molecular formula is C22H30O. The van der Waals surface area contributed by atoms with E-state index in [0.29, 0.717) is 0 Å². The first-order chi connectivity index (χ1) is 11.3. The summed E-state index contributed by atoms with van der Waals surface area (Å²) in [4.78, 5) is 0. The van der Waals surface area contributed by atoms with Gasteiger partial charge < -0.3 is 4.74 Å². The predicted octanol–water partition coefficient (Wildman–Crippen LogP) is 6.26. The van der Waals surface area contributed by atoms with Gasteiger partial charge in [-0.1, -0.05) is 63.0 Å². The van der Waals surface area contributed by atoms with Crippen LogP contribution in [-0.2, 0) is 0 Å². The van der Waals surface area contributed by atoms with Gasteiger partial charge in [0.2, 0.25) is 0 Å². The SMILES string of the molecule is CCC[C@H]1CC[C@H](C2C=CC(c3ccc(OC)cc3)=CC2)CC1. The van der Waals surface area contributed by atoms with Crippen LogP contribution < -0.4 is 4.74 Å². The number of ether oxygens (including phenoxy) is 1. The highest BCUT2D eigenvalue weighted by atomic mass is 16.5. The maximum absolute atomic E-state index is 5.24. The fourth-order valence-electron chi connectivity index (χ4n) is 4.30. The molecular weight excluding hydrogens is 280 g/mol. The summed E-state index contributed by atoms with van der Waals surface area (Å²) < 4.78 is 5.24. The second kappa shape index (κ2) is 7.86. The van der Waals surface area contributed by atoms with Crippen molar-refractivity contribution in [3.8, 4) is 5.75 Å². The maximum Gasteiger partial charge on any atom is 0.118 e. The third kappa shape index (κ3) is 4.07. The van der Waals surface area contributed by atoms with E-state index >= 15 is 0 Å². The van der Waals surface area contributed by atoms with Crippen molar-refractivity contribution in [3.63, 3.8) is 0 Å². The molecule has 0 saturated heterocycles. The molecule has 0 radical (unpaired) electrons. The van der Waals surface area contributed by atoms with Gasteiger partial charge in [-0.3, -0.25) is 0 Å². The largest absolute Gasteiger partial charge is 0.497 e. The lowest BCUT2D eigenvalue weighted by Gasteiger charge is -2.33. The number of methoxy groups -OCH3 is 1. The van der Waals surface area contributed by atoms with E-state index in [4.69, 9.17) is 4.74 Å². The summed E-state index contributed by atoms with van der Waals surface area (Å²) in [5.41, 5.74) is 2.66. The minimum absolute atomic E-state index is 0.763. The van der Waals surface area contributed by atoms with Crippen molar-refractivity contribution < 1.29 is 4.74 Å². The van der Waals surface area contributed by atoms with Crippen LogP contribution in [0.3, 0.4) is 0 Å². The lowest BCUT2D eigenvalue weighted by Crippen LogP contribution is -2.21. The zero-order valence-corrected chi connectivity index (χ0v) is 14.6. The van der Waals surface area contributed by atoms with Gasteiger partial charge in [-0.2, -0.15) is 0 Å². The number of hydrogen-bond donors (Lipinski definition) is 0. The molecule has 1 aromatic carbocycles. The van der Waals surface area contributed by atoms with Crippen molar-refractivity contribution in [3.05, 3.63) is 48.1 Å². The van der Waals surface area contributed by atoms with Crippen LogP contribution in [0.2, 0.25) is 0 Å². The maximum atomic E-state index is 5.24. The van der Waals surface area contributed by atoms with Gasteiger partial charge in [0.1, 0.15) is 5.75 Å². The number of benzene rings is 1. The van der Waals surface area contributed by atoms with Crippen LogP contribution in [0.1, 0.15) is 57.4 Å². The molecule has 23 heavy (non-hydrogen) atoms. The molecule has 2 aliphatic rings. The van der Waals surface area contributed by atoms with Crippen molar-refractivity contribution in [2.75, 3.05) is 7.11 Å². The summed E-state index contributed by atoms with van der Waals surface area (Å²) in [5, 5.41) is 0. The molecule has 124 valence electrons.